The van der Waals surface area contributed by atoms with Gasteiger partial charge in [0.25, 0.3) is 10.2 Å². The van der Waals surface area contributed by atoms with Crippen molar-refractivity contribution in [2.45, 2.75) is 6.61 Å². The molecule has 2 rings (SSSR count). The number of hydrogen-bond acceptors (Lipinski definition) is 4. The van der Waals surface area contributed by atoms with Gasteiger partial charge in [0, 0.05) is 51.9 Å². The molecule has 1 aliphatic heterocycles. The zero-order valence-electron chi connectivity index (χ0n) is 14.5. The first kappa shape index (κ1) is 20.3. The van der Waals surface area contributed by atoms with E-state index in [1.165, 1.54) is 41.5 Å². The fourth-order valence-electron chi connectivity index (χ4n) is 2.46. The molecule has 0 aromatic heterocycles. The van der Waals surface area contributed by atoms with Crippen LogP contribution < -0.4 is 4.74 Å². The van der Waals surface area contributed by atoms with Gasteiger partial charge in [-0.05, 0) is 12.1 Å². The molecule has 1 fully saturated rings. The van der Waals surface area contributed by atoms with Crippen LogP contribution >= 0.6 is 0 Å². The second kappa shape index (κ2) is 8.56. The van der Waals surface area contributed by atoms with Gasteiger partial charge in [-0.1, -0.05) is 18.2 Å². The molecule has 7 nitrogen and oxygen atoms in total. The van der Waals surface area contributed by atoms with Gasteiger partial charge in [-0.15, -0.1) is 0 Å². The van der Waals surface area contributed by atoms with E-state index in [0.717, 1.165) is 4.31 Å². The molecule has 0 N–H and O–H groups in total. The summed E-state index contributed by atoms with van der Waals surface area (Å²) in [4.78, 5) is 13.8. The lowest BCUT2D eigenvalue weighted by Crippen LogP contribution is -2.52. The summed E-state index contributed by atoms with van der Waals surface area (Å²) in [6.45, 7) is -2.04. The predicted octanol–water partition coefficient (Wildman–Crippen LogP) is 1.25. The highest BCUT2D eigenvalue weighted by Gasteiger charge is 2.29. The van der Waals surface area contributed by atoms with Gasteiger partial charge in [0.05, 0.1) is 0 Å². The fourth-order valence-corrected chi connectivity index (χ4v) is 3.54. The SMILES string of the molecule is CN(C)S(=O)(=O)N1CCN(C(=O)/C=C/c2ccccc2OC(F)F)CC1. The maximum Gasteiger partial charge on any atom is 0.387 e. The first-order valence-electron chi connectivity index (χ1n) is 7.90. The lowest BCUT2D eigenvalue weighted by Gasteiger charge is -2.34. The third-order valence-corrected chi connectivity index (χ3v) is 5.82. The van der Waals surface area contributed by atoms with E-state index in [1.807, 2.05) is 0 Å². The van der Waals surface area contributed by atoms with E-state index >= 15 is 0 Å². The van der Waals surface area contributed by atoms with Crippen LogP contribution in [-0.4, -0.2) is 74.7 Å². The Labute approximate surface area is 151 Å². The monoisotopic (exact) mass is 389 g/mol. The smallest absolute Gasteiger partial charge is 0.387 e. The summed E-state index contributed by atoms with van der Waals surface area (Å²) in [6, 6.07) is 6.15. The maximum atomic E-state index is 12.4. The summed E-state index contributed by atoms with van der Waals surface area (Å²) >= 11 is 0. The van der Waals surface area contributed by atoms with Gasteiger partial charge in [0.2, 0.25) is 5.91 Å². The van der Waals surface area contributed by atoms with Crippen molar-refractivity contribution in [3.63, 3.8) is 0 Å². The number of halogens is 2. The van der Waals surface area contributed by atoms with E-state index in [-0.39, 0.29) is 37.8 Å². The highest BCUT2D eigenvalue weighted by Crippen LogP contribution is 2.21. The Hall–Kier alpha value is -2.04. The van der Waals surface area contributed by atoms with Crippen molar-refractivity contribution in [1.82, 2.24) is 13.5 Å². The van der Waals surface area contributed by atoms with Crippen LogP contribution in [0.3, 0.4) is 0 Å². The molecule has 0 saturated carbocycles. The van der Waals surface area contributed by atoms with Crippen molar-refractivity contribution in [2.24, 2.45) is 0 Å². The molecule has 0 atom stereocenters. The number of hydrogen-bond donors (Lipinski definition) is 0. The minimum absolute atomic E-state index is 0.0200. The van der Waals surface area contributed by atoms with E-state index in [9.17, 15) is 22.0 Å². The third-order valence-electron chi connectivity index (χ3n) is 3.88. The van der Waals surface area contributed by atoms with Crippen LogP contribution in [0.4, 0.5) is 8.78 Å². The fraction of sp³-hybridized carbons (Fsp3) is 0.438. The molecule has 144 valence electrons. The Balaban J connectivity index is 1.99. The van der Waals surface area contributed by atoms with Crippen LogP contribution in [0.1, 0.15) is 5.56 Å². The molecular formula is C16H21F2N3O4S. The molecule has 1 amide bonds. The first-order valence-corrected chi connectivity index (χ1v) is 9.30. The molecule has 0 unspecified atom stereocenters. The van der Waals surface area contributed by atoms with Gasteiger partial charge < -0.3 is 9.64 Å². The molecule has 1 aromatic carbocycles. The minimum Gasteiger partial charge on any atom is -0.434 e. The Bertz CT molecular complexity index is 761. The number of nitrogens with zero attached hydrogens (tertiary/aromatic N) is 3. The summed E-state index contributed by atoms with van der Waals surface area (Å²) in [7, 11) is -0.593. The highest BCUT2D eigenvalue weighted by molar-refractivity contribution is 7.86. The molecule has 10 heteroatoms. The number of carbonyl (C=O) groups excluding carboxylic acids is 1. The number of piperazine rings is 1. The third kappa shape index (κ3) is 4.99. The van der Waals surface area contributed by atoms with Gasteiger partial charge in [-0.2, -0.15) is 25.8 Å². The number of alkyl halides is 2. The van der Waals surface area contributed by atoms with Crippen molar-refractivity contribution in [3.05, 3.63) is 35.9 Å². The van der Waals surface area contributed by atoms with Crippen LogP contribution in [0.15, 0.2) is 30.3 Å². The molecule has 26 heavy (non-hydrogen) atoms. The van der Waals surface area contributed by atoms with E-state index in [2.05, 4.69) is 4.74 Å². The molecular weight excluding hydrogens is 368 g/mol. The molecule has 1 aromatic rings. The molecule has 1 aliphatic rings. The van der Waals surface area contributed by atoms with Gasteiger partial charge in [0.15, 0.2) is 0 Å². The molecule has 0 radical (unpaired) electrons. The maximum absolute atomic E-state index is 12.4. The second-order valence-corrected chi connectivity index (χ2v) is 7.91. The summed E-state index contributed by atoms with van der Waals surface area (Å²) in [5.74, 6) is -0.341. The van der Waals surface area contributed by atoms with Gasteiger partial charge >= 0.3 is 6.61 Å². The van der Waals surface area contributed by atoms with Crippen LogP contribution in [-0.2, 0) is 15.0 Å². The number of benzene rings is 1. The molecule has 0 aliphatic carbocycles. The van der Waals surface area contributed by atoms with Crippen molar-refractivity contribution >= 4 is 22.2 Å². The predicted molar refractivity (Wildman–Crippen MR) is 92.9 cm³/mol. The Kier molecular flexibility index (Phi) is 6.68. The molecule has 0 spiro atoms. The topological polar surface area (TPSA) is 70.2 Å². The van der Waals surface area contributed by atoms with E-state index in [1.54, 1.807) is 18.2 Å². The van der Waals surface area contributed by atoms with Crippen LogP contribution in [0.25, 0.3) is 6.08 Å². The summed E-state index contributed by atoms with van der Waals surface area (Å²) in [5.41, 5.74) is 0.356. The standard InChI is InChI=1S/C16H21F2N3O4S/c1-19(2)26(23,24)21-11-9-20(10-12-21)15(22)8-7-13-5-3-4-6-14(13)25-16(17)18/h3-8,16H,9-12H2,1-2H3/b8-7+. The number of amides is 1. The van der Waals surface area contributed by atoms with Crippen molar-refractivity contribution in [3.8, 4) is 5.75 Å². The van der Waals surface area contributed by atoms with Crippen LogP contribution in [0.5, 0.6) is 5.75 Å². The minimum atomic E-state index is -3.50. The Morgan fingerprint density at radius 2 is 1.81 bits per heavy atom. The van der Waals surface area contributed by atoms with Gasteiger partial charge in [-0.3, -0.25) is 4.79 Å². The Morgan fingerprint density at radius 3 is 2.38 bits per heavy atom. The van der Waals surface area contributed by atoms with Crippen LogP contribution in [0, 0.1) is 0 Å². The van der Waals surface area contributed by atoms with Crippen molar-refractivity contribution < 1.29 is 26.7 Å². The van der Waals surface area contributed by atoms with Gasteiger partial charge in [0.1, 0.15) is 5.75 Å². The number of ether oxygens (including phenoxy) is 1. The largest absolute Gasteiger partial charge is 0.434 e. The summed E-state index contributed by atoms with van der Waals surface area (Å²) in [6.07, 6.45) is 2.67. The Morgan fingerprint density at radius 1 is 1.19 bits per heavy atom. The quantitative estimate of drug-likeness (QED) is 0.687. The van der Waals surface area contributed by atoms with Gasteiger partial charge in [-0.25, -0.2) is 0 Å². The van der Waals surface area contributed by atoms with Crippen molar-refractivity contribution in [1.29, 1.82) is 0 Å². The average Bonchev–Trinajstić information content (AvgIpc) is 2.60. The molecule has 1 saturated heterocycles. The molecule has 0 bridgehead atoms. The van der Waals surface area contributed by atoms with Crippen molar-refractivity contribution in [2.75, 3.05) is 40.3 Å². The zero-order chi connectivity index (χ0) is 19.3. The van der Waals surface area contributed by atoms with E-state index in [0.29, 0.717) is 5.56 Å². The lowest BCUT2D eigenvalue weighted by molar-refractivity contribution is -0.127. The lowest BCUT2D eigenvalue weighted by atomic mass is 10.2. The summed E-state index contributed by atoms with van der Waals surface area (Å²) in [5, 5.41) is 0. The summed E-state index contributed by atoms with van der Waals surface area (Å²) < 4.78 is 55.8. The second-order valence-electron chi connectivity index (χ2n) is 5.76. The highest BCUT2D eigenvalue weighted by atomic mass is 32.2. The van der Waals surface area contributed by atoms with E-state index in [4.69, 9.17) is 0 Å². The molecule has 1 heterocycles. The number of rotatable bonds is 6. The van der Waals surface area contributed by atoms with Crippen LogP contribution in [0.2, 0.25) is 0 Å². The average molecular weight is 389 g/mol. The zero-order valence-corrected chi connectivity index (χ0v) is 15.3. The normalized spacial score (nSPS) is 16.6. The van der Waals surface area contributed by atoms with E-state index < -0.39 is 16.8 Å². The number of carbonyl (C=O) groups is 1. The number of para-hydroxylation sites is 1. The first-order chi connectivity index (χ1) is 12.2.